The lowest BCUT2D eigenvalue weighted by molar-refractivity contribution is -0.126. The summed E-state index contributed by atoms with van der Waals surface area (Å²) >= 11 is 0. The first-order chi connectivity index (χ1) is 17.8. The molecule has 198 valence electrons. The van der Waals surface area contributed by atoms with Crippen molar-refractivity contribution in [1.29, 1.82) is 0 Å². The number of benzene rings is 2. The van der Waals surface area contributed by atoms with Crippen LogP contribution in [0.2, 0.25) is 0 Å². The number of methoxy groups -OCH3 is 2. The van der Waals surface area contributed by atoms with Crippen LogP contribution in [0.3, 0.4) is 0 Å². The summed E-state index contributed by atoms with van der Waals surface area (Å²) in [4.78, 5) is 21.2. The van der Waals surface area contributed by atoms with E-state index < -0.39 is 0 Å². The predicted molar refractivity (Wildman–Crippen MR) is 140 cm³/mol. The van der Waals surface area contributed by atoms with Crippen LogP contribution in [0.25, 0.3) is 16.9 Å². The Kier molecular flexibility index (Phi) is 9.44. The monoisotopic (exact) mass is 510 g/mol. The van der Waals surface area contributed by atoms with Crippen molar-refractivity contribution in [2.75, 3.05) is 14.2 Å². The van der Waals surface area contributed by atoms with Crippen molar-refractivity contribution in [2.45, 2.75) is 65.9 Å². The summed E-state index contributed by atoms with van der Waals surface area (Å²) < 4.78 is 31.2. The van der Waals surface area contributed by atoms with Gasteiger partial charge in [0.25, 0.3) is 6.47 Å². The lowest BCUT2D eigenvalue weighted by atomic mass is 9.97. The Balaban J connectivity index is 0.000000420. The molecule has 2 aliphatic rings. The Morgan fingerprint density at radius 2 is 1.84 bits per heavy atom. The Hall–Kier alpha value is -3.68. The van der Waals surface area contributed by atoms with Crippen molar-refractivity contribution in [2.24, 2.45) is 0 Å². The minimum atomic E-state index is -0.339. The van der Waals surface area contributed by atoms with Gasteiger partial charge in [0.05, 0.1) is 25.6 Å². The second-order valence-corrected chi connectivity index (χ2v) is 9.12. The molecule has 1 aliphatic carbocycles. The number of Topliss-reactive ketones (excluding diaryl/α,β-unsaturated/α-hetero) is 1. The van der Waals surface area contributed by atoms with E-state index in [1.807, 2.05) is 19.1 Å². The van der Waals surface area contributed by atoms with Gasteiger partial charge in [0.15, 0.2) is 5.78 Å². The molecule has 0 saturated heterocycles. The number of halogens is 1. The Morgan fingerprint density at radius 3 is 2.35 bits per heavy atom. The quantitative estimate of drug-likeness (QED) is 0.276. The summed E-state index contributed by atoms with van der Waals surface area (Å²) in [6.07, 6.45) is 4.90. The van der Waals surface area contributed by atoms with Gasteiger partial charge in [0, 0.05) is 24.1 Å². The molecule has 1 saturated carbocycles. The fourth-order valence-corrected chi connectivity index (χ4v) is 4.10. The molecule has 37 heavy (non-hydrogen) atoms. The fourth-order valence-electron chi connectivity index (χ4n) is 4.10. The number of hydrogen-bond acceptors (Lipinski definition) is 6. The van der Waals surface area contributed by atoms with E-state index in [-0.39, 0.29) is 18.2 Å². The number of rotatable bonds is 6. The molecule has 5 rings (SSSR count). The summed E-state index contributed by atoms with van der Waals surface area (Å²) in [5.41, 5.74) is 5.24. The van der Waals surface area contributed by atoms with E-state index in [1.165, 1.54) is 39.0 Å². The number of ether oxygens (including phenoxy) is 3. The number of carbonyl (C=O) groups excluding carboxylic acids is 2. The third-order valence-electron chi connectivity index (χ3n) is 6.16. The van der Waals surface area contributed by atoms with Crippen molar-refractivity contribution in [3.05, 3.63) is 58.5 Å². The standard InChI is InChI=1S/C23H21FN2O3.C4H10.C2H4O2/c1-12-6-15(24)8-16(7-12)26-23-18-9-17(14-4-5-14)20(28-3)10-21(18)29-11-19(23)22(25-26)13(2)27;1-3-4-2;1-4-2-3/h6-10,14H,4-5,11H2,1-3H3;3-4H2,1-2H3;2H,1H3. The third kappa shape index (κ3) is 6.37. The molecule has 1 aromatic heterocycles. The second-order valence-electron chi connectivity index (χ2n) is 9.12. The Bertz CT molecular complexity index is 1240. The van der Waals surface area contributed by atoms with Crippen LogP contribution in [0.4, 0.5) is 4.39 Å². The summed E-state index contributed by atoms with van der Waals surface area (Å²) in [6.45, 7) is 8.29. The lowest BCUT2D eigenvalue weighted by Crippen LogP contribution is -2.10. The highest BCUT2D eigenvalue weighted by Gasteiger charge is 2.33. The number of nitrogens with zero attached hydrogens (tertiary/aromatic N) is 2. The third-order valence-corrected chi connectivity index (χ3v) is 6.16. The van der Waals surface area contributed by atoms with Gasteiger partial charge < -0.3 is 14.2 Å². The molecule has 0 bridgehead atoms. The molecule has 0 atom stereocenters. The van der Waals surface area contributed by atoms with Gasteiger partial charge in [-0.05, 0) is 61.1 Å². The molecule has 7 nitrogen and oxygen atoms in total. The minimum Gasteiger partial charge on any atom is -0.496 e. The van der Waals surface area contributed by atoms with Crippen molar-refractivity contribution < 1.29 is 28.2 Å². The Labute approximate surface area is 217 Å². The van der Waals surface area contributed by atoms with Gasteiger partial charge in [0.1, 0.15) is 29.6 Å². The number of fused-ring (bicyclic) bond motifs is 3. The van der Waals surface area contributed by atoms with Crippen LogP contribution in [0, 0.1) is 12.7 Å². The van der Waals surface area contributed by atoms with E-state index in [0.29, 0.717) is 29.5 Å². The van der Waals surface area contributed by atoms with E-state index in [0.717, 1.165) is 46.5 Å². The molecule has 0 spiro atoms. The number of aryl methyl sites for hydroxylation is 1. The number of unbranched alkanes of at least 4 members (excludes halogenated alkanes) is 1. The SMILES string of the molecule is CCCC.COC=O.COc1cc2c(cc1C1CC1)-c1c(c(C(C)=O)nn1-c1cc(C)cc(F)c1)CO2. The molecule has 3 aromatic rings. The van der Waals surface area contributed by atoms with E-state index in [4.69, 9.17) is 14.3 Å². The fraction of sp³-hybridized carbons (Fsp3) is 0.414. The molecule has 0 N–H and O–H groups in total. The smallest absolute Gasteiger partial charge is 0.292 e. The largest absolute Gasteiger partial charge is 0.496 e. The van der Waals surface area contributed by atoms with E-state index in [9.17, 15) is 9.18 Å². The first-order valence-corrected chi connectivity index (χ1v) is 12.5. The van der Waals surface area contributed by atoms with E-state index in [1.54, 1.807) is 11.8 Å². The summed E-state index contributed by atoms with van der Waals surface area (Å²) in [5.74, 6) is 1.49. The van der Waals surface area contributed by atoms with Gasteiger partial charge in [-0.3, -0.25) is 9.59 Å². The van der Waals surface area contributed by atoms with Gasteiger partial charge in [-0.2, -0.15) is 5.10 Å². The van der Waals surface area contributed by atoms with E-state index >= 15 is 0 Å². The van der Waals surface area contributed by atoms with Crippen molar-refractivity contribution in [1.82, 2.24) is 9.78 Å². The molecule has 1 fully saturated rings. The highest BCUT2D eigenvalue weighted by molar-refractivity contribution is 5.96. The topological polar surface area (TPSA) is 79.7 Å². The molecule has 1 aliphatic heterocycles. The summed E-state index contributed by atoms with van der Waals surface area (Å²) in [7, 11) is 2.97. The second kappa shape index (κ2) is 12.5. The lowest BCUT2D eigenvalue weighted by Gasteiger charge is -2.22. The van der Waals surface area contributed by atoms with Crippen LogP contribution in [0.1, 0.15) is 79.6 Å². The van der Waals surface area contributed by atoms with Crippen LogP contribution in [0.5, 0.6) is 11.5 Å². The molecular formula is C29H35FN2O5. The van der Waals surface area contributed by atoms with Crippen LogP contribution < -0.4 is 9.47 Å². The molecule has 2 heterocycles. The Morgan fingerprint density at radius 1 is 1.16 bits per heavy atom. The van der Waals surface area contributed by atoms with Gasteiger partial charge in [-0.25, -0.2) is 9.07 Å². The first kappa shape index (κ1) is 27.9. The maximum absolute atomic E-state index is 14.1. The number of aromatic nitrogens is 2. The van der Waals surface area contributed by atoms with Gasteiger partial charge in [-0.15, -0.1) is 0 Å². The van der Waals surface area contributed by atoms with Crippen molar-refractivity contribution in [3.63, 3.8) is 0 Å². The molecular weight excluding hydrogens is 475 g/mol. The molecule has 0 amide bonds. The number of ketones is 1. The number of hydrogen-bond donors (Lipinski definition) is 0. The highest BCUT2D eigenvalue weighted by atomic mass is 19.1. The van der Waals surface area contributed by atoms with Crippen LogP contribution in [-0.4, -0.2) is 36.3 Å². The van der Waals surface area contributed by atoms with Crippen molar-refractivity contribution in [3.8, 4) is 28.4 Å². The van der Waals surface area contributed by atoms with Crippen molar-refractivity contribution >= 4 is 12.3 Å². The average Bonchev–Trinajstić information content (AvgIpc) is 3.66. The van der Waals surface area contributed by atoms with Gasteiger partial charge >= 0.3 is 0 Å². The van der Waals surface area contributed by atoms with Gasteiger partial charge in [0.2, 0.25) is 0 Å². The average molecular weight is 511 g/mol. The highest BCUT2D eigenvalue weighted by Crippen LogP contribution is 2.50. The zero-order valence-corrected chi connectivity index (χ0v) is 22.4. The van der Waals surface area contributed by atoms with Crippen LogP contribution >= 0.6 is 0 Å². The molecule has 0 radical (unpaired) electrons. The van der Waals surface area contributed by atoms with Crippen LogP contribution in [0.15, 0.2) is 30.3 Å². The normalized spacial score (nSPS) is 12.9. The maximum atomic E-state index is 14.1. The summed E-state index contributed by atoms with van der Waals surface area (Å²) in [5, 5.41) is 4.56. The van der Waals surface area contributed by atoms with Gasteiger partial charge in [-0.1, -0.05) is 26.7 Å². The summed E-state index contributed by atoms with van der Waals surface area (Å²) in [6, 6.07) is 8.76. The first-order valence-electron chi connectivity index (χ1n) is 12.5. The predicted octanol–water partition coefficient (Wildman–Crippen LogP) is 6.56. The molecule has 2 aromatic carbocycles. The van der Waals surface area contributed by atoms with Crippen LogP contribution in [-0.2, 0) is 16.1 Å². The minimum absolute atomic E-state index is 0.142. The zero-order valence-electron chi connectivity index (χ0n) is 22.4. The number of carbonyl (C=O) groups is 2. The zero-order chi connectivity index (χ0) is 27.1. The maximum Gasteiger partial charge on any atom is 0.292 e. The molecule has 0 unspecified atom stereocenters. The molecule has 8 heteroatoms. The van der Waals surface area contributed by atoms with E-state index in [2.05, 4.69) is 29.7 Å².